The summed E-state index contributed by atoms with van der Waals surface area (Å²) in [6, 6.07) is 57.2. The normalized spacial score (nSPS) is 14.7. The highest BCUT2D eigenvalue weighted by Crippen LogP contribution is 2.54. The molecule has 0 spiro atoms. The van der Waals surface area contributed by atoms with Crippen molar-refractivity contribution in [1.29, 1.82) is 0 Å². The summed E-state index contributed by atoms with van der Waals surface area (Å²) in [5, 5.41) is 2.34. The molecule has 0 unspecified atom stereocenters. The molecule has 12 rings (SSSR count). The van der Waals surface area contributed by atoms with Gasteiger partial charge in [0.05, 0.1) is 33.4 Å². The van der Waals surface area contributed by atoms with Gasteiger partial charge in [0.1, 0.15) is 17.3 Å². The Morgan fingerprint density at radius 1 is 0.562 bits per heavy atom. The molecule has 4 heterocycles. The predicted molar refractivity (Wildman–Crippen MR) is 262 cm³/mol. The zero-order chi connectivity index (χ0) is 43.7. The lowest BCUT2D eigenvalue weighted by atomic mass is 9.82. The molecule has 0 fully saturated rings. The molecule has 10 aromatic rings. The lowest BCUT2D eigenvalue weighted by Crippen LogP contribution is -2.30. The van der Waals surface area contributed by atoms with E-state index in [0.29, 0.717) is 0 Å². The van der Waals surface area contributed by atoms with Gasteiger partial charge in [-0.2, -0.15) is 0 Å². The topological polar surface area (TPSA) is 35.9 Å². The first-order valence-corrected chi connectivity index (χ1v) is 22.5. The summed E-state index contributed by atoms with van der Waals surface area (Å²) in [6.07, 6.45) is 6.92. The molecule has 5 heteroatoms. The Kier molecular flexibility index (Phi) is 8.19. The molecule has 3 aromatic heterocycles. The number of aromatic nitrogens is 4. The van der Waals surface area contributed by atoms with Crippen LogP contribution in [0.2, 0.25) is 0 Å². The van der Waals surface area contributed by atoms with E-state index in [9.17, 15) is 0 Å². The monoisotopic (exact) mass is 830 g/mol. The van der Waals surface area contributed by atoms with Crippen LogP contribution in [0.3, 0.4) is 0 Å². The molecule has 2 aliphatic rings. The van der Waals surface area contributed by atoms with Crippen LogP contribution in [-0.2, 0) is 16.2 Å². The second kappa shape index (κ2) is 13.6. The standard InChI is InChI=1S/C59H50N4O/c1-57(2,3)37-28-29-60-55(30-37)63-52-24-13-11-20-43(52)45-27-26-40(32-54(45)63)64-39-17-14-16-38(31-39)61-36-62-51-23-12-10-21-44(51)48-34-50-49(58(4,5)35-59(50,6)7)33-47(48)42-19-9-8-18-41(42)46-22-15-25-53(61)56(46)62/h8-34H,35H2,1-7H3. The maximum Gasteiger partial charge on any atom is 0.269 e. The van der Waals surface area contributed by atoms with Gasteiger partial charge in [0.2, 0.25) is 0 Å². The summed E-state index contributed by atoms with van der Waals surface area (Å²) in [7, 11) is 0. The Morgan fingerprint density at radius 2 is 1.19 bits per heavy atom. The average molecular weight is 831 g/mol. The van der Waals surface area contributed by atoms with Gasteiger partial charge in [-0.05, 0) is 133 Å². The van der Waals surface area contributed by atoms with Crippen LogP contribution in [0.5, 0.6) is 11.5 Å². The van der Waals surface area contributed by atoms with Crippen LogP contribution in [0.15, 0.2) is 164 Å². The van der Waals surface area contributed by atoms with E-state index in [1.165, 1.54) is 55.5 Å². The second-order valence-electron chi connectivity index (χ2n) is 20.2. The summed E-state index contributed by atoms with van der Waals surface area (Å²) < 4.78 is 13.5. The van der Waals surface area contributed by atoms with Gasteiger partial charge in [-0.25, -0.2) is 4.98 Å². The molecule has 0 N–H and O–H groups in total. The van der Waals surface area contributed by atoms with Crippen LogP contribution in [0.1, 0.15) is 71.6 Å². The quantitative estimate of drug-likeness (QED) is 0.131. The smallest absolute Gasteiger partial charge is 0.269 e. The molecule has 5 nitrogen and oxygen atoms in total. The van der Waals surface area contributed by atoms with Crippen molar-refractivity contribution in [2.24, 2.45) is 0 Å². The minimum atomic E-state index is -0.0110. The number of fused-ring (bicyclic) bond motifs is 11. The van der Waals surface area contributed by atoms with Gasteiger partial charge in [-0.1, -0.05) is 139 Å². The molecular formula is C59H50N4O. The van der Waals surface area contributed by atoms with Gasteiger partial charge in [0.25, 0.3) is 6.33 Å². The lowest BCUT2D eigenvalue weighted by Gasteiger charge is -2.22. The van der Waals surface area contributed by atoms with E-state index in [1.54, 1.807) is 0 Å². The second-order valence-corrected chi connectivity index (χ2v) is 20.2. The van der Waals surface area contributed by atoms with E-state index in [0.717, 1.165) is 62.6 Å². The van der Waals surface area contributed by atoms with E-state index >= 15 is 0 Å². The number of pyridine rings is 1. The zero-order valence-corrected chi connectivity index (χ0v) is 37.5. The zero-order valence-electron chi connectivity index (χ0n) is 37.5. The molecule has 0 saturated carbocycles. The van der Waals surface area contributed by atoms with Crippen molar-refractivity contribution in [3.05, 3.63) is 187 Å². The van der Waals surface area contributed by atoms with E-state index < -0.39 is 0 Å². The number of ether oxygens (including phenoxy) is 1. The van der Waals surface area contributed by atoms with Crippen LogP contribution in [0.4, 0.5) is 0 Å². The van der Waals surface area contributed by atoms with Crippen LogP contribution >= 0.6 is 0 Å². The van der Waals surface area contributed by atoms with Crippen molar-refractivity contribution >= 4 is 32.8 Å². The molecular weight excluding hydrogens is 781 g/mol. The molecule has 0 saturated heterocycles. The Hall–Kier alpha value is -7.24. The summed E-state index contributed by atoms with van der Waals surface area (Å²) >= 11 is 0. The molecule has 0 bridgehead atoms. The maximum absolute atomic E-state index is 6.79. The Morgan fingerprint density at radius 3 is 1.97 bits per heavy atom. The number of nitrogens with zero attached hydrogens (tertiary/aromatic N) is 4. The van der Waals surface area contributed by atoms with Crippen LogP contribution in [0, 0.1) is 6.33 Å². The number of para-hydroxylation sites is 3. The minimum Gasteiger partial charge on any atom is -0.458 e. The van der Waals surface area contributed by atoms with Crippen LogP contribution in [-0.4, -0.2) is 14.1 Å². The first-order chi connectivity index (χ1) is 30.8. The van der Waals surface area contributed by atoms with Gasteiger partial charge in [0.15, 0.2) is 0 Å². The highest BCUT2D eigenvalue weighted by Gasteiger charge is 2.43. The molecule has 7 aromatic carbocycles. The van der Waals surface area contributed by atoms with Gasteiger partial charge in [0, 0.05) is 23.0 Å². The van der Waals surface area contributed by atoms with Gasteiger partial charge in [-0.15, -0.1) is 0 Å². The molecule has 1 aliphatic carbocycles. The first-order valence-electron chi connectivity index (χ1n) is 22.5. The SMILES string of the molecule is CC(C)(C)c1ccnc(-n2c3ccccc3c3ccc(Oc4cccc(-n5[c-][n+]6c7c(cccc75)-c5ccccc5-c5cc7c(cc5-c5ccccc5-6)C(C)(C)CC7(C)C)c4)cc32)c1. The largest absolute Gasteiger partial charge is 0.458 e. The van der Waals surface area contributed by atoms with Crippen molar-refractivity contribution < 1.29 is 9.30 Å². The third-order valence-corrected chi connectivity index (χ3v) is 13.9. The van der Waals surface area contributed by atoms with Crippen molar-refractivity contribution in [2.75, 3.05) is 0 Å². The summed E-state index contributed by atoms with van der Waals surface area (Å²) in [4.78, 5) is 4.89. The maximum atomic E-state index is 6.79. The lowest BCUT2D eigenvalue weighted by molar-refractivity contribution is -0.571. The number of rotatable bonds is 4. The minimum absolute atomic E-state index is 0.0110. The fourth-order valence-electron chi connectivity index (χ4n) is 11.1. The van der Waals surface area contributed by atoms with Gasteiger partial charge < -0.3 is 4.74 Å². The first kappa shape index (κ1) is 38.4. The fourth-order valence-corrected chi connectivity index (χ4v) is 11.1. The highest BCUT2D eigenvalue weighted by molar-refractivity contribution is 6.09. The van der Waals surface area contributed by atoms with E-state index in [2.05, 4.69) is 220 Å². The summed E-state index contributed by atoms with van der Waals surface area (Å²) in [5.41, 5.74) is 18.0. The molecule has 0 atom stereocenters. The highest BCUT2D eigenvalue weighted by atomic mass is 16.5. The number of imidazole rings is 1. The molecule has 1 aliphatic heterocycles. The number of hydrogen-bond donors (Lipinski definition) is 0. The summed E-state index contributed by atoms with van der Waals surface area (Å²) in [6.45, 7) is 16.4. The predicted octanol–water partition coefficient (Wildman–Crippen LogP) is 14.6. The van der Waals surface area contributed by atoms with Gasteiger partial charge in [-0.3, -0.25) is 13.7 Å². The Bertz CT molecular complexity index is 3560. The Labute approximate surface area is 374 Å². The fraction of sp³-hybridized carbons (Fsp3) is 0.186. The van der Waals surface area contributed by atoms with Crippen molar-refractivity contribution in [2.45, 2.75) is 71.1 Å². The molecule has 0 amide bonds. The summed E-state index contributed by atoms with van der Waals surface area (Å²) in [5.74, 6) is 2.39. The van der Waals surface area contributed by atoms with E-state index in [1.807, 2.05) is 12.3 Å². The molecule has 0 radical (unpaired) electrons. The third kappa shape index (κ3) is 5.83. The van der Waals surface area contributed by atoms with Crippen LogP contribution < -0.4 is 9.30 Å². The average Bonchev–Trinajstić information content (AvgIpc) is 3.90. The van der Waals surface area contributed by atoms with Crippen LogP contribution in [0.25, 0.3) is 83.4 Å². The number of benzene rings is 7. The third-order valence-electron chi connectivity index (χ3n) is 13.9. The van der Waals surface area contributed by atoms with Crippen molar-refractivity contribution in [3.8, 4) is 62.1 Å². The van der Waals surface area contributed by atoms with Gasteiger partial charge >= 0.3 is 0 Å². The molecule has 64 heavy (non-hydrogen) atoms. The Balaban J connectivity index is 1.01. The number of hydrogen-bond acceptors (Lipinski definition) is 2. The van der Waals surface area contributed by atoms with Crippen molar-refractivity contribution in [3.63, 3.8) is 0 Å². The van der Waals surface area contributed by atoms with Crippen molar-refractivity contribution in [1.82, 2.24) is 14.1 Å². The van der Waals surface area contributed by atoms with E-state index in [-0.39, 0.29) is 16.2 Å². The molecule has 312 valence electrons. The van der Waals surface area contributed by atoms with E-state index in [4.69, 9.17) is 9.72 Å².